The van der Waals surface area contributed by atoms with Gasteiger partial charge in [-0.3, -0.25) is 4.79 Å². The summed E-state index contributed by atoms with van der Waals surface area (Å²) in [6.07, 6.45) is 4.62. The number of rotatable bonds is 3. The van der Waals surface area contributed by atoms with Gasteiger partial charge in [-0.15, -0.1) is 0 Å². The van der Waals surface area contributed by atoms with Gasteiger partial charge in [0.2, 0.25) is 6.54 Å². The molecule has 0 bridgehead atoms. The highest BCUT2D eigenvalue weighted by atomic mass is 16.6. The second-order valence-corrected chi connectivity index (χ2v) is 6.73. The van der Waals surface area contributed by atoms with Crippen molar-refractivity contribution in [3.63, 3.8) is 0 Å². The molecule has 1 aliphatic heterocycles. The van der Waals surface area contributed by atoms with Crippen LogP contribution in [0, 0.1) is 0 Å². The Morgan fingerprint density at radius 2 is 1.83 bits per heavy atom. The minimum atomic E-state index is -0.492. The van der Waals surface area contributed by atoms with Gasteiger partial charge in [-0.1, -0.05) is 6.07 Å². The van der Waals surface area contributed by atoms with Crippen LogP contribution in [0.3, 0.4) is 0 Å². The van der Waals surface area contributed by atoms with E-state index in [9.17, 15) is 9.59 Å². The number of pyridine rings is 1. The third-order valence-corrected chi connectivity index (χ3v) is 3.43. The van der Waals surface area contributed by atoms with Crippen molar-refractivity contribution in [2.45, 2.75) is 45.8 Å². The van der Waals surface area contributed by atoms with Crippen LogP contribution in [0.2, 0.25) is 0 Å². The van der Waals surface area contributed by atoms with Crippen molar-refractivity contribution in [3.8, 4) is 0 Å². The van der Waals surface area contributed by atoms with Gasteiger partial charge in [0.1, 0.15) is 5.60 Å². The average molecular weight is 333 g/mol. The van der Waals surface area contributed by atoms with E-state index in [1.165, 1.54) is 0 Å². The molecule has 130 valence electrons. The number of ether oxygens (including phenoxy) is 1. The fourth-order valence-corrected chi connectivity index (χ4v) is 2.27. The first-order valence-corrected chi connectivity index (χ1v) is 8.10. The monoisotopic (exact) mass is 333 g/mol. The largest absolute Gasteiger partial charge is 0.444 e. The Bertz CT molecular complexity index is 598. The second kappa shape index (κ2) is 7.90. The minimum absolute atomic E-state index is 0.173. The number of amides is 2. The molecule has 1 aromatic heterocycles. The molecular formula is C17H25N4O3+. The first kappa shape index (κ1) is 17.9. The number of nitrogens with one attached hydrogen (secondary N) is 1. The van der Waals surface area contributed by atoms with Crippen molar-refractivity contribution in [1.29, 1.82) is 0 Å². The van der Waals surface area contributed by atoms with Crippen molar-refractivity contribution in [2.75, 3.05) is 13.1 Å². The zero-order chi connectivity index (χ0) is 17.6. The lowest BCUT2D eigenvalue weighted by atomic mass is 10.1. The minimum Gasteiger partial charge on any atom is -0.444 e. The first-order chi connectivity index (χ1) is 11.3. The molecule has 1 N–H and O–H groups in total. The second-order valence-electron chi connectivity index (χ2n) is 6.73. The molecule has 24 heavy (non-hydrogen) atoms. The molecule has 0 unspecified atom stereocenters. The van der Waals surface area contributed by atoms with Crippen LogP contribution < -0.4 is 9.99 Å². The topological polar surface area (TPSA) is 74.9 Å². The Morgan fingerprint density at radius 3 is 2.42 bits per heavy atom. The fraction of sp³-hybridized carbons (Fsp3) is 0.529. The Labute approximate surface area is 142 Å². The summed E-state index contributed by atoms with van der Waals surface area (Å²) in [6.45, 7) is 6.88. The Balaban J connectivity index is 1.76. The van der Waals surface area contributed by atoms with Gasteiger partial charge < -0.3 is 9.64 Å². The molecule has 2 amide bonds. The molecule has 0 spiro atoms. The molecule has 1 aliphatic rings. The van der Waals surface area contributed by atoms with Gasteiger partial charge in [0.25, 0.3) is 0 Å². The van der Waals surface area contributed by atoms with Crippen LogP contribution in [0.25, 0.3) is 0 Å². The molecule has 7 nitrogen and oxygen atoms in total. The van der Waals surface area contributed by atoms with Crippen molar-refractivity contribution in [1.82, 2.24) is 10.3 Å². The quantitative estimate of drug-likeness (QED) is 0.672. The number of nitrogens with zero attached hydrogens (tertiary/aromatic N) is 3. The maximum atomic E-state index is 12.0. The molecular weight excluding hydrogens is 308 g/mol. The highest BCUT2D eigenvalue weighted by Crippen LogP contribution is 2.13. The number of hydrogen-bond donors (Lipinski definition) is 1. The summed E-state index contributed by atoms with van der Waals surface area (Å²) in [5, 5.41) is 4.17. The van der Waals surface area contributed by atoms with Crippen molar-refractivity contribution in [3.05, 3.63) is 30.6 Å². The molecule has 1 aromatic rings. The number of hydrazone groups is 1. The van der Waals surface area contributed by atoms with E-state index in [2.05, 4.69) is 10.5 Å². The Morgan fingerprint density at radius 1 is 1.21 bits per heavy atom. The summed E-state index contributed by atoms with van der Waals surface area (Å²) in [5.74, 6) is -0.173. The van der Waals surface area contributed by atoms with E-state index in [-0.39, 0.29) is 18.5 Å². The standard InChI is InChI=1S/C17H24N4O3/c1-17(2,3)24-16(23)21-11-7-14(8-12-21)18-19-15(22)13-20-9-5-4-6-10-20/h4-6,9-10H,7-8,11-13H2,1-3H3/p+1. The average Bonchev–Trinajstić information content (AvgIpc) is 2.53. The van der Waals surface area contributed by atoms with E-state index >= 15 is 0 Å². The molecule has 7 heteroatoms. The van der Waals surface area contributed by atoms with Gasteiger partial charge in [-0.25, -0.2) is 10.2 Å². The molecule has 1 fully saturated rings. The summed E-state index contributed by atoms with van der Waals surface area (Å²) in [7, 11) is 0. The predicted octanol–water partition coefficient (Wildman–Crippen LogP) is 1.48. The number of likely N-dealkylation sites (tertiary alicyclic amines) is 1. The molecule has 0 saturated carbocycles. The number of hydrogen-bond acceptors (Lipinski definition) is 4. The summed E-state index contributed by atoms with van der Waals surface area (Å²) in [6, 6.07) is 5.63. The van der Waals surface area contributed by atoms with E-state index in [0.717, 1.165) is 5.71 Å². The third kappa shape index (κ3) is 5.98. The Kier molecular flexibility index (Phi) is 5.89. The molecule has 1 saturated heterocycles. The van der Waals surface area contributed by atoms with E-state index < -0.39 is 5.60 Å². The van der Waals surface area contributed by atoms with Crippen molar-refractivity contribution in [2.24, 2.45) is 5.10 Å². The summed E-state index contributed by atoms with van der Waals surface area (Å²) < 4.78 is 7.13. The lowest BCUT2D eigenvalue weighted by molar-refractivity contribution is -0.684. The molecule has 0 atom stereocenters. The number of carbonyl (C=O) groups is 2. The van der Waals surface area contributed by atoms with E-state index in [0.29, 0.717) is 25.9 Å². The van der Waals surface area contributed by atoms with E-state index in [4.69, 9.17) is 4.74 Å². The number of carbonyl (C=O) groups excluding carboxylic acids is 2. The third-order valence-electron chi connectivity index (χ3n) is 3.43. The van der Waals surface area contributed by atoms with Gasteiger partial charge in [0.15, 0.2) is 12.4 Å². The summed E-state index contributed by atoms with van der Waals surface area (Å²) in [4.78, 5) is 25.5. The Hall–Kier alpha value is -2.44. The van der Waals surface area contributed by atoms with Gasteiger partial charge in [0.05, 0.1) is 0 Å². The number of piperidine rings is 1. The normalized spacial score (nSPS) is 15.0. The van der Waals surface area contributed by atoms with Gasteiger partial charge in [0, 0.05) is 43.8 Å². The van der Waals surface area contributed by atoms with Crippen LogP contribution in [-0.4, -0.2) is 41.3 Å². The van der Waals surface area contributed by atoms with Crippen LogP contribution in [-0.2, 0) is 16.1 Å². The maximum Gasteiger partial charge on any atom is 0.410 e. The fourth-order valence-electron chi connectivity index (χ4n) is 2.27. The van der Waals surface area contributed by atoms with Crippen LogP contribution in [0.1, 0.15) is 33.6 Å². The van der Waals surface area contributed by atoms with Gasteiger partial charge in [-0.05, 0) is 20.8 Å². The molecule has 2 heterocycles. The lowest BCUT2D eigenvalue weighted by Gasteiger charge is -2.30. The zero-order valence-electron chi connectivity index (χ0n) is 14.5. The van der Waals surface area contributed by atoms with Crippen LogP contribution in [0.4, 0.5) is 4.79 Å². The summed E-state index contributed by atoms with van der Waals surface area (Å²) >= 11 is 0. The van der Waals surface area contributed by atoms with Gasteiger partial charge in [-0.2, -0.15) is 9.67 Å². The SMILES string of the molecule is CC(C)(C)OC(=O)N1CCC(=NNC(=O)C[n+]2ccccc2)CC1. The van der Waals surface area contributed by atoms with Crippen molar-refractivity contribution < 1.29 is 18.9 Å². The molecule has 0 aromatic carbocycles. The molecule has 0 radical (unpaired) electrons. The first-order valence-electron chi connectivity index (χ1n) is 8.10. The highest BCUT2D eigenvalue weighted by Gasteiger charge is 2.25. The zero-order valence-corrected chi connectivity index (χ0v) is 14.5. The van der Waals surface area contributed by atoms with Crippen LogP contribution in [0.5, 0.6) is 0 Å². The van der Waals surface area contributed by atoms with Crippen molar-refractivity contribution >= 4 is 17.7 Å². The van der Waals surface area contributed by atoms with Gasteiger partial charge >= 0.3 is 12.0 Å². The van der Waals surface area contributed by atoms with E-state index in [1.807, 2.05) is 51.4 Å². The number of aromatic nitrogens is 1. The predicted molar refractivity (Wildman–Crippen MR) is 89.3 cm³/mol. The molecule has 2 rings (SSSR count). The van der Waals surface area contributed by atoms with Crippen LogP contribution in [0.15, 0.2) is 35.7 Å². The van der Waals surface area contributed by atoms with Crippen LogP contribution >= 0.6 is 0 Å². The smallest absolute Gasteiger partial charge is 0.410 e. The lowest BCUT2D eigenvalue weighted by Crippen LogP contribution is -2.43. The molecule has 0 aliphatic carbocycles. The maximum absolute atomic E-state index is 12.0. The summed E-state index contributed by atoms with van der Waals surface area (Å²) in [5.41, 5.74) is 2.98. The van der Waals surface area contributed by atoms with E-state index in [1.54, 1.807) is 9.47 Å². The highest BCUT2D eigenvalue weighted by molar-refractivity contribution is 5.88.